The Hall–Kier alpha value is -0.650. The number of likely N-dealkylation sites (tertiary alicyclic amines) is 1. The lowest BCUT2D eigenvalue weighted by Crippen LogP contribution is -2.82. The minimum Gasteiger partial charge on any atom is -0.377 e. The van der Waals surface area contributed by atoms with Crippen LogP contribution in [-0.2, 0) is 9.53 Å². The van der Waals surface area contributed by atoms with E-state index >= 15 is 0 Å². The molecule has 3 rings (SSSR count). The van der Waals surface area contributed by atoms with Crippen LogP contribution in [0.2, 0.25) is 0 Å². The number of hydrogen-bond acceptors (Lipinski definition) is 4. The van der Waals surface area contributed by atoms with Gasteiger partial charge in [0.1, 0.15) is 5.54 Å². The van der Waals surface area contributed by atoms with E-state index in [9.17, 15) is 4.79 Å². The van der Waals surface area contributed by atoms with Crippen LogP contribution in [0.1, 0.15) is 39.5 Å². The molecule has 0 aromatic rings. The van der Waals surface area contributed by atoms with Crippen LogP contribution in [0.4, 0.5) is 0 Å². The average Bonchev–Trinajstić information content (AvgIpc) is 2.53. The molecule has 2 N–H and O–H groups in total. The molecule has 1 amide bonds. The van der Waals surface area contributed by atoms with Crippen LogP contribution in [0, 0.1) is 17.3 Å². The van der Waals surface area contributed by atoms with Crippen molar-refractivity contribution in [2.45, 2.75) is 51.2 Å². The third kappa shape index (κ3) is 2.61. The molecule has 0 spiro atoms. The Kier molecular flexibility index (Phi) is 4.49. The highest BCUT2D eigenvalue weighted by molar-refractivity contribution is 5.89. The first-order valence-corrected chi connectivity index (χ1v) is 9.13. The highest BCUT2D eigenvalue weighted by Crippen LogP contribution is 2.58. The normalized spacial score (nSPS) is 37.4. The van der Waals surface area contributed by atoms with E-state index in [0.29, 0.717) is 5.92 Å². The SMILES string of the molecule is CN(C)CC1CCN(C(=O)C2(N)C3CCCOC3C2(C)C)CC1. The zero-order valence-corrected chi connectivity index (χ0v) is 15.2. The van der Waals surface area contributed by atoms with E-state index in [1.165, 1.54) is 0 Å². The maximum absolute atomic E-state index is 13.2. The van der Waals surface area contributed by atoms with Crippen LogP contribution in [0.3, 0.4) is 0 Å². The number of ether oxygens (including phenoxy) is 1. The Morgan fingerprint density at radius 2 is 1.91 bits per heavy atom. The monoisotopic (exact) mass is 323 g/mol. The molecule has 3 aliphatic rings. The summed E-state index contributed by atoms with van der Waals surface area (Å²) >= 11 is 0. The summed E-state index contributed by atoms with van der Waals surface area (Å²) in [7, 11) is 4.24. The topological polar surface area (TPSA) is 58.8 Å². The fourth-order valence-electron chi connectivity index (χ4n) is 5.11. The summed E-state index contributed by atoms with van der Waals surface area (Å²) in [6, 6.07) is 0. The first-order valence-electron chi connectivity index (χ1n) is 9.13. The first kappa shape index (κ1) is 17.2. The van der Waals surface area contributed by atoms with Crippen molar-refractivity contribution in [1.29, 1.82) is 0 Å². The predicted octanol–water partition coefficient (Wildman–Crippen LogP) is 1.32. The van der Waals surface area contributed by atoms with Crippen molar-refractivity contribution in [3.05, 3.63) is 0 Å². The van der Waals surface area contributed by atoms with Gasteiger partial charge in [-0.15, -0.1) is 0 Å². The van der Waals surface area contributed by atoms with E-state index in [1.54, 1.807) is 0 Å². The summed E-state index contributed by atoms with van der Waals surface area (Å²) < 4.78 is 5.93. The Balaban J connectivity index is 1.66. The van der Waals surface area contributed by atoms with Crippen molar-refractivity contribution < 1.29 is 9.53 Å². The second-order valence-corrected chi connectivity index (χ2v) is 8.63. The number of piperidine rings is 1. The molecule has 23 heavy (non-hydrogen) atoms. The Labute approximate surface area is 140 Å². The molecule has 5 heteroatoms. The van der Waals surface area contributed by atoms with E-state index < -0.39 is 5.54 Å². The smallest absolute Gasteiger partial charge is 0.243 e. The molecule has 3 fully saturated rings. The van der Waals surface area contributed by atoms with Gasteiger partial charge in [-0.1, -0.05) is 13.8 Å². The fourth-order valence-corrected chi connectivity index (χ4v) is 5.11. The van der Waals surface area contributed by atoms with Crippen molar-refractivity contribution in [2.75, 3.05) is 40.3 Å². The minimum absolute atomic E-state index is 0.150. The average molecular weight is 323 g/mol. The second-order valence-electron chi connectivity index (χ2n) is 8.63. The lowest BCUT2D eigenvalue weighted by molar-refractivity contribution is -0.230. The van der Waals surface area contributed by atoms with Gasteiger partial charge in [0.15, 0.2) is 0 Å². The molecule has 1 aliphatic carbocycles. The van der Waals surface area contributed by atoms with Gasteiger partial charge in [0.05, 0.1) is 6.10 Å². The number of nitrogens with two attached hydrogens (primary N) is 1. The highest BCUT2D eigenvalue weighted by atomic mass is 16.5. The molecule has 0 bridgehead atoms. The number of carbonyl (C=O) groups excluding carboxylic acids is 1. The highest BCUT2D eigenvalue weighted by Gasteiger charge is 2.70. The van der Waals surface area contributed by atoms with Gasteiger partial charge in [-0.3, -0.25) is 4.79 Å². The molecule has 0 radical (unpaired) electrons. The Bertz CT molecular complexity index is 457. The van der Waals surface area contributed by atoms with Crippen LogP contribution < -0.4 is 5.73 Å². The van der Waals surface area contributed by atoms with Gasteiger partial charge >= 0.3 is 0 Å². The summed E-state index contributed by atoms with van der Waals surface area (Å²) in [4.78, 5) is 17.5. The van der Waals surface area contributed by atoms with Crippen molar-refractivity contribution >= 4 is 5.91 Å². The van der Waals surface area contributed by atoms with E-state index in [0.717, 1.165) is 51.9 Å². The van der Waals surface area contributed by atoms with Crippen LogP contribution in [0.5, 0.6) is 0 Å². The van der Waals surface area contributed by atoms with Crippen LogP contribution in [0.25, 0.3) is 0 Å². The number of amides is 1. The van der Waals surface area contributed by atoms with E-state index in [1.807, 2.05) is 4.90 Å². The van der Waals surface area contributed by atoms with E-state index in [2.05, 4.69) is 32.8 Å². The molecule has 132 valence electrons. The molecular formula is C18H33N3O2. The summed E-state index contributed by atoms with van der Waals surface area (Å²) in [5.41, 5.74) is 5.73. The summed E-state index contributed by atoms with van der Waals surface area (Å²) in [5, 5.41) is 0. The zero-order valence-electron chi connectivity index (χ0n) is 15.2. The van der Waals surface area contributed by atoms with Crippen molar-refractivity contribution in [3.8, 4) is 0 Å². The van der Waals surface area contributed by atoms with Gasteiger partial charge in [-0.05, 0) is 45.7 Å². The maximum atomic E-state index is 13.2. The number of carbonyl (C=O) groups is 1. The predicted molar refractivity (Wildman–Crippen MR) is 91.0 cm³/mol. The minimum atomic E-state index is -0.744. The fraction of sp³-hybridized carbons (Fsp3) is 0.944. The van der Waals surface area contributed by atoms with Gasteiger partial charge in [0.2, 0.25) is 5.91 Å². The van der Waals surface area contributed by atoms with Crippen LogP contribution >= 0.6 is 0 Å². The number of hydrogen-bond donors (Lipinski definition) is 1. The molecule has 3 atom stereocenters. The molecule has 2 heterocycles. The van der Waals surface area contributed by atoms with E-state index in [-0.39, 0.29) is 23.3 Å². The van der Waals surface area contributed by atoms with Gasteiger partial charge in [-0.25, -0.2) is 0 Å². The van der Waals surface area contributed by atoms with Crippen LogP contribution in [0.15, 0.2) is 0 Å². The van der Waals surface area contributed by atoms with E-state index in [4.69, 9.17) is 10.5 Å². The number of fused-ring (bicyclic) bond motifs is 1. The third-order valence-corrected chi connectivity index (χ3v) is 6.56. The zero-order chi connectivity index (χ0) is 16.8. The largest absolute Gasteiger partial charge is 0.377 e. The maximum Gasteiger partial charge on any atom is 0.243 e. The summed E-state index contributed by atoms with van der Waals surface area (Å²) in [6.45, 7) is 7.84. The van der Waals surface area contributed by atoms with Crippen LogP contribution in [-0.4, -0.2) is 67.7 Å². The summed E-state index contributed by atoms with van der Waals surface area (Å²) in [6.07, 6.45) is 4.37. The molecule has 0 aromatic carbocycles. The van der Waals surface area contributed by atoms with Gasteiger partial charge < -0.3 is 20.3 Å². The van der Waals surface area contributed by atoms with Gasteiger partial charge in [-0.2, -0.15) is 0 Å². The Morgan fingerprint density at radius 3 is 2.52 bits per heavy atom. The number of nitrogens with zero attached hydrogens (tertiary/aromatic N) is 2. The molecule has 2 saturated heterocycles. The Morgan fingerprint density at radius 1 is 1.26 bits per heavy atom. The van der Waals surface area contributed by atoms with Crippen molar-refractivity contribution in [2.24, 2.45) is 23.0 Å². The lowest BCUT2D eigenvalue weighted by Gasteiger charge is -2.66. The first-order chi connectivity index (χ1) is 10.8. The number of rotatable bonds is 3. The van der Waals surface area contributed by atoms with Gasteiger partial charge in [0, 0.05) is 37.6 Å². The second kappa shape index (κ2) is 6.01. The third-order valence-electron chi connectivity index (χ3n) is 6.56. The molecule has 5 nitrogen and oxygen atoms in total. The quantitative estimate of drug-likeness (QED) is 0.851. The molecule has 3 unspecified atom stereocenters. The summed E-state index contributed by atoms with van der Waals surface area (Å²) in [5.74, 6) is 1.05. The lowest BCUT2D eigenvalue weighted by atomic mass is 9.46. The molecular weight excluding hydrogens is 290 g/mol. The molecule has 2 aliphatic heterocycles. The van der Waals surface area contributed by atoms with Gasteiger partial charge in [0.25, 0.3) is 0 Å². The molecule has 1 saturated carbocycles. The van der Waals surface area contributed by atoms with Crippen molar-refractivity contribution in [3.63, 3.8) is 0 Å². The molecule has 0 aromatic heterocycles. The van der Waals surface area contributed by atoms with Crippen molar-refractivity contribution in [1.82, 2.24) is 9.80 Å². The standard InChI is InChI=1S/C18H33N3O2/c1-17(2)15-14(6-5-11-23-15)18(17,19)16(22)21-9-7-13(8-10-21)12-20(3)4/h13-15H,5-12,19H2,1-4H3.